The van der Waals surface area contributed by atoms with Gasteiger partial charge in [-0.25, -0.2) is 0 Å². The predicted octanol–water partition coefficient (Wildman–Crippen LogP) is 2.34. The highest BCUT2D eigenvalue weighted by molar-refractivity contribution is 9.11. The Morgan fingerprint density at radius 1 is 1.47 bits per heavy atom. The molecule has 0 aromatic carbocycles. The van der Waals surface area contributed by atoms with Crippen LogP contribution in [0, 0.1) is 0 Å². The molecule has 2 N–H and O–H groups in total. The molecule has 0 saturated heterocycles. The molecule has 2 aliphatic rings. The van der Waals surface area contributed by atoms with Crippen LogP contribution in [0.2, 0.25) is 0 Å². The van der Waals surface area contributed by atoms with E-state index in [-0.39, 0.29) is 0 Å². The van der Waals surface area contributed by atoms with E-state index in [2.05, 4.69) is 38.0 Å². The minimum absolute atomic E-state index is 0.383. The van der Waals surface area contributed by atoms with E-state index < -0.39 is 0 Å². The summed E-state index contributed by atoms with van der Waals surface area (Å²) in [4.78, 5) is 8.01. The topological polar surface area (TPSA) is 41.6 Å². The Morgan fingerprint density at radius 2 is 2.27 bits per heavy atom. The van der Waals surface area contributed by atoms with Crippen molar-refractivity contribution in [2.45, 2.75) is 24.9 Å². The van der Waals surface area contributed by atoms with E-state index in [0.29, 0.717) is 12.1 Å². The first-order chi connectivity index (χ1) is 7.25. The van der Waals surface area contributed by atoms with Gasteiger partial charge in [0, 0.05) is 10.9 Å². The SMILES string of the molecule is NC1=NCC(c2ccc(Br)s2)N1C1CC1. The van der Waals surface area contributed by atoms with Gasteiger partial charge in [0.2, 0.25) is 0 Å². The van der Waals surface area contributed by atoms with E-state index >= 15 is 0 Å². The molecule has 5 heteroatoms. The first kappa shape index (κ1) is 9.66. The number of hydrogen-bond acceptors (Lipinski definition) is 4. The maximum absolute atomic E-state index is 5.92. The fraction of sp³-hybridized carbons (Fsp3) is 0.500. The van der Waals surface area contributed by atoms with Gasteiger partial charge in [0.25, 0.3) is 0 Å². The van der Waals surface area contributed by atoms with Crippen molar-refractivity contribution in [3.8, 4) is 0 Å². The average molecular weight is 286 g/mol. The maximum Gasteiger partial charge on any atom is 0.192 e. The van der Waals surface area contributed by atoms with Crippen LogP contribution in [0.5, 0.6) is 0 Å². The molecule has 15 heavy (non-hydrogen) atoms. The standard InChI is InChI=1S/C10H12BrN3S/c11-9-4-3-8(15-9)7-5-13-10(12)14(7)6-1-2-6/h3-4,6-7H,1-2,5H2,(H2,12,13). The number of hydrogen-bond donors (Lipinski definition) is 1. The lowest BCUT2D eigenvalue weighted by Crippen LogP contribution is -2.37. The van der Waals surface area contributed by atoms with Crippen LogP contribution in [0.1, 0.15) is 23.8 Å². The zero-order chi connectivity index (χ0) is 10.4. The lowest BCUT2D eigenvalue weighted by atomic mass is 10.2. The normalized spacial score (nSPS) is 25.8. The van der Waals surface area contributed by atoms with Gasteiger partial charge < -0.3 is 10.6 Å². The summed E-state index contributed by atoms with van der Waals surface area (Å²) < 4.78 is 1.18. The molecule has 0 radical (unpaired) electrons. The molecular weight excluding hydrogens is 274 g/mol. The average Bonchev–Trinajstić information content (AvgIpc) is 2.84. The molecule has 1 unspecified atom stereocenters. The second-order valence-electron chi connectivity index (χ2n) is 4.00. The van der Waals surface area contributed by atoms with Crippen molar-refractivity contribution in [1.82, 2.24) is 4.90 Å². The molecule has 1 aromatic heterocycles. The number of aliphatic imine (C=N–C) groups is 1. The number of thiophene rings is 1. The highest BCUT2D eigenvalue weighted by Crippen LogP contribution is 2.39. The van der Waals surface area contributed by atoms with Gasteiger partial charge in [-0.05, 0) is 40.9 Å². The number of nitrogens with two attached hydrogens (primary N) is 1. The molecular formula is C10H12BrN3S. The Morgan fingerprint density at radius 3 is 2.87 bits per heavy atom. The fourth-order valence-electron chi connectivity index (χ4n) is 2.04. The van der Waals surface area contributed by atoms with E-state index in [0.717, 1.165) is 12.5 Å². The highest BCUT2D eigenvalue weighted by Gasteiger charge is 2.39. The summed E-state index contributed by atoms with van der Waals surface area (Å²) in [5.41, 5.74) is 5.92. The van der Waals surface area contributed by atoms with Crippen molar-refractivity contribution in [3.05, 3.63) is 20.8 Å². The molecule has 0 spiro atoms. The van der Waals surface area contributed by atoms with Gasteiger partial charge in [0.1, 0.15) is 0 Å². The van der Waals surface area contributed by atoms with Crippen molar-refractivity contribution in [2.24, 2.45) is 10.7 Å². The van der Waals surface area contributed by atoms with Crippen LogP contribution in [-0.2, 0) is 0 Å². The largest absolute Gasteiger partial charge is 0.370 e. The minimum Gasteiger partial charge on any atom is -0.370 e. The Hall–Kier alpha value is -0.550. The number of nitrogens with zero attached hydrogens (tertiary/aromatic N) is 2. The van der Waals surface area contributed by atoms with Crippen LogP contribution in [0.15, 0.2) is 20.9 Å². The van der Waals surface area contributed by atoms with E-state index in [1.54, 1.807) is 11.3 Å². The Balaban J connectivity index is 1.87. The second-order valence-corrected chi connectivity index (χ2v) is 6.49. The molecule has 2 heterocycles. The molecule has 1 saturated carbocycles. The third-order valence-electron chi connectivity index (χ3n) is 2.89. The molecule has 1 aliphatic heterocycles. The number of rotatable bonds is 2. The lowest BCUT2D eigenvalue weighted by molar-refractivity contribution is 0.342. The molecule has 0 amide bonds. The number of guanidine groups is 1. The first-order valence-corrected chi connectivity index (χ1v) is 6.70. The molecule has 3 rings (SSSR count). The molecule has 3 nitrogen and oxygen atoms in total. The van der Waals surface area contributed by atoms with E-state index in [1.807, 2.05) is 0 Å². The summed E-state index contributed by atoms with van der Waals surface area (Å²) in [6, 6.07) is 5.29. The molecule has 80 valence electrons. The maximum atomic E-state index is 5.92. The minimum atomic E-state index is 0.383. The summed E-state index contributed by atoms with van der Waals surface area (Å²) in [6.45, 7) is 0.815. The second kappa shape index (κ2) is 3.49. The zero-order valence-electron chi connectivity index (χ0n) is 8.19. The van der Waals surface area contributed by atoms with Crippen LogP contribution in [0.25, 0.3) is 0 Å². The monoisotopic (exact) mass is 285 g/mol. The van der Waals surface area contributed by atoms with Crippen LogP contribution >= 0.6 is 27.3 Å². The molecule has 1 aromatic rings. The summed E-state index contributed by atoms with van der Waals surface area (Å²) in [5.74, 6) is 0.729. The van der Waals surface area contributed by atoms with Crippen LogP contribution in [0.4, 0.5) is 0 Å². The summed E-state index contributed by atoms with van der Waals surface area (Å²) in [5, 5.41) is 0. The Kier molecular flexibility index (Phi) is 2.25. The summed E-state index contributed by atoms with van der Waals surface area (Å²) >= 11 is 5.28. The number of halogens is 1. The van der Waals surface area contributed by atoms with E-state index in [4.69, 9.17) is 5.73 Å². The van der Waals surface area contributed by atoms with Gasteiger partial charge in [0.15, 0.2) is 5.96 Å². The first-order valence-electron chi connectivity index (χ1n) is 5.09. The Bertz CT molecular complexity index is 411. The molecule has 1 aliphatic carbocycles. The third-order valence-corrected chi connectivity index (χ3v) is 4.61. The van der Waals surface area contributed by atoms with Gasteiger partial charge in [-0.2, -0.15) is 0 Å². The molecule has 1 atom stereocenters. The van der Waals surface area contributed by atoms with Crippen molar-refractivity contribution >= 4 is 33.2 Å². The molecule has 0 bridgehead atoms. The fourth-order valence-corrected chi connectivity index (χ4v) is 3.55. The van der Waals surface area contributed by atoms with Crippen molar-refractivity contribution < 1.29 is 0 Å². The lowest BCUT2D eigenvalue weighted by Gasteiger charge is -2.25. The smallest absolute Gasteiger partial charge is 0.192 e. The van der Waals surface area contributed by atoms with Gasteiger partial charge >= 0.3 is 0 Å². The van der Waals surface area contributed by atoms with Crippen LogP contribution < -0.4 is 5.73 Å². The van der Waals surface area contributed by atoms with Crippen molar-refractivity contribution in [1.29, 1.82) is 0 Å². The van der Waals surface area contributed by atoms with E-state index in [1.165, 1.54) is 21.5 Å². The Labute approximate surface area is 101 Å². The van der Waals surface area contributed by atoms with Gasteiger partial charge in [0.05, 0.1) is 16.4 Å². The predicted molar refractivity (Wildman–Crippen MR) is 66.1 cm³/mol. The van der Waals surface area contributed by atoms with Gasteiger partial charge in [-0.1, -0.05) is 0 Å². The zero-order valence-corrected chi connectivity index (χ0v) is 10.6. The van der Waals surface area contributed by atoms with Crippen LogP contribution in [-0.4, -0.2) is 23.4 Å². The van der Waals surface area contributed by atoms with Gasteiger partial charge in [-0.15, -0.1) is 11.3 Å². The molecule has 1 fully saturated rings. The summed E-state index contributed by atoms with van der Waals surface area (Å²) in [7, 11) is 0. The van der Waals surface area contributed by atoms with E-state index in [9.17, 15) is 0 Å². The van der Waals surface area contributed by atoms with Crippen molar-refractivity contribution in [2.75, 3.05) is 6.54 Å². The highest BCUT2D eigenvalue weighted by atomic mass is 79.9. The van der Waals surface area contributed by atoms with Crippen LogP contribution in [0.3, 0.4) is 0 Å². The quantitative estimate of drug-likeness (QED) is 0.906. The van der Waals surface area contributed by atoms with Gasteiger partial charge in [-0.3, -0.25) is 4.99 Å². The summed E-state index contributed by atoms with van der Waals surface area (Å²) in [6.07, 6.45) is 2.53. The third kappa shape index (κ3) is 1.67. The van der Waals surface area contributed by atoms with Crippen molar-refractivity contribution in [3.63, 3.8) is 0 Å².